The predicted molar refractivity (Wildman–Crippen MR) is 104 cm³/mol. The molecule has 3 rings (SSSR count). The van der Waals surface area contributed by atoms with Gasteiger partial charge in [-0.1, -0.05) is 19.3 Å². The topological polar surface area (TPSA) is 43.9 Å². The van der Waals surface area contributed by atoms with Crippen LogP contribution < -0.4 is 0 Å². The molecule has 3 fully saturated rings. The van der Waals surface area contributed by atoms with Crippen molar-refractivity contribution in [2.75, 3.05) is 39.3 Å². The Bertz CT molecular complexity index is 470. The molecule has 1 aliphatic carbocycles. The molecule has 2 amide bonds. The van der Waals surface area contributed by atoms with Crippen molar-refractivity contribution in [3.8, 4) is 0 Å². The van der Waals surface area contributed by atoms with Gasteiger partial charge in [0.1, 0.15) is 0 Å². The van der Waals surface area contributed by atoms with Crippen molar-refractivity contribution in [2.45, 2.75) is 77.2 Å². The van der Waals surface area contributed by atoms with Gasteiger partial charge in [0.2, 0.25) is 11.8 Å². The number of rotatable bonds is 6. The van der Waals surface area contributed by atoms with Crippen LogP contribution in [0.4, 0.5) is 0 Å². The summed E-state index contributed by atoms with van der Waals surface area (Å²) in [6, 6.07) is 0.207. The second kappa shape index (κ2) is 9.72. The lowest BCUT2D eigenvalue weighted by molar-refractivity contribution is -0.139. The molecular formula is C21H37N3O2. The summed E-state index contributed by atoms with van der Waals surface area (Å²) in [6.45, 7) is 7.43. The molecule has 0 N–H and O–H groups in total. The Morgan fingerprint density at radius 1 is 0.923 bits per heavy atom. The van der Waals surface area contributed by atoms with E-state index in [0.717, 1.165) is 45.4 Å². The molecule has 0 aromatic heterocycles. The van der Waals surface area contributed by atoms with Crippen molar-refractivity contribution in [3.63, 3.8) is 0 Å². The molecule has 2 saturated heterocycles. The molecule has 1 atom stereocenters. The van der Waals surface area contributed by atoms with Gasteiger partial charge < -0.3 is 14.7 Å². The molecule has 0 unspecified atom stereocenters. The van der Waals surface area contributed by atoms with Crippen molar-refractivity contribution >= 4 is 11.8 Å². The fourth-order valence-electron chi connectivity index (χ4n) is 5.06. The van der Waals surface area contributed by atoms with Crippen LogP contribution in [0.5, 0.6) is 0 Å². The van der Waals surface area contributed by atoms with Gasteiger partial charge in [-0.05, 0) is 57.5 Å². The summed E-state index contributed by atoms with van der Waals surface area (Å²) in [5, 5.41) is 0. The zero-order chi connectivity index (χ0) is 18.4. The van der Waals surface area contributed by atoms with Gasteiger partial charge in [0.25, 0.3) is 0 Å². The average molecular weight is 364 g/mol. The third kappa shape index (κ3) is 5.45. The molecule has 148 valence electrons. The highest BCUT2D eigenvalue weighted by atomic mass is 16.2. The quantitative estimate of drug-likeness (QED) is 0.729. The van der Waals surface area contributed by atoms with E-state index in [2.05, 4.69) is 4.90 Å². The number of nitrogens with zero attached hydrogens (tertiary/aromatic N) is 3. The summed E-state index contributed by atoms with van der Waals surface area (Å²) >= 11 is 0. The molecule has 2 aliphatic heterocycles. The second-order valence-corrected chi connectivity index (χ2v) is 8.61. The van der Waals surface area contributed by atoms with Crippen LogP contribution in [-0.4, -0.2) is 71.8 Å². The minimum atomic E-state index is 0.164. The number of carbonyl (C=O) groups is 2. The van der Waals surface area contributed by atoms with Gasteiger partial charge in [-0.15, -0.1) is 0 Å². The zero-order valence-electron chi connectivity index (χ0n) is 16.6. The summed E-state index contributed by atoms with van der Waals surface area (Å²) in [5.41, 5.74) is 0. The average Bonchev–Trinajstić information content (AvgIpc) is 3.16. The minimum absolute atomic E-state index is 0.164. The van der Waals surface area contributed by atoms with Gasteiger partial charge in [0, 0.05) is 45.6 Å². The van der Waals surface area contributed by atoms with Crippen molar-refractivity contribution in [1.29, 1.82) is 0 Å². The maximum atomic E-state index is 12.7. The van der Waals surface area contributed by atoms with Crippen LogP contribution in [0.25, 0.3) is 0 Å². The first-order valence-corrected chi connectivity index (χ1v) is 10.9. The van der Waals surface area contributed by atoms with E-state index in [1.54, 1.807) is 6.92 Å². The summed E-state index contributed by atoms with van der Waals surface area (Å²) < 4.78 is 0. The number of hydrogen-bond donors (Lipinski definition) is 0. The van der Waals surface area contributed by atoms with Gasteiger partial charge >= 0.3 is 0 Å². The van der Waals surface area contributed by atoms with E-state index < -0.39 is 0 Å². The molecule has 2 heterocycles. The predicted octanol–water partition coefficient (Wildman–Crippen LogP) is 2.89. The lowest BCUT2D eigenvalue weighted by Gasteiger charge is -2.40. The highest BCUT2D eigenvalue weighted by Gasteiger charge is 2.30. The van der Waals surface area contributed by atoms with Crippen LogP contribution in [0, 0.1) is 5.92 Å². The molecule has 0 radical (unpaired) electrons. The van der Waals surface area contributed by atoms with E-state index in [1.165, 1.54) is 58.0 Å². The van der Waals surface area contributed by atoms with E-state index in [0.29, 0.717) is 11.8 Å². The highest BCUT2D eigenvalue weighted by molar-refractivity contribution is 5.77. The third-order valence-electron chi connectivity index (χ3n) is 6.64. The second-order valence-electron chi connectivity index (χ2n) is 8.61. The summed E-state index contributed by atoms with van der Waals surface area (Å²) in [7, 11) is 0. The number of carbonyl (C=O) groups excluding carboxylic acids is 2. The molecule has 0 bridgehead atoms. The molecule has 3 aliphatic rings. The van der Waals surface area contributed by atoms with Gasteiger partial charge in [-0.25, -0.2) is 0 Å². The summed E-state index contributed by atoms with van der Waals surface area (Å²) in [4.78, 5) is 31.6. The molecule has 5 heteroatoms. The van der Waals surface area contributed by atoms with Crippen LogP contribution in [-0.2, 0) is 9.59 Å². The number of hydrogen-bond acceptors (Lipinski definition) is 3. The van der Waals surface area contributed by atoms with E-state index in [1.807, 2.05) is 9.80 Å². The molecule has 0 aromatic rings. The Labute approximate surface area is 159 Å². The fourth-order valence-corrected chi connectivity index (χ4v) is 5.06. The Morgan fingerprint density at radius 3 is 2.35 bits per heavy atom. The fraction of sp³-hybridized carbons (Fsp3) is 0.905. The van der Waals surface area contributed by atoms with E-state index >= 15 is 0 Å². The maximum absolute atomic E-state index is 12.7. The smallest absolute Gasteiger partial charge is 0.222 e. The van der Waals surface area contributed by atoms with Crippen molar-refractivity contribution < 1.29 is 9.59 Å². The van der Waals surface area contributed by atoms with Crippen LogP contribution in [0.3, 0.4) is 0 Å². The molecule has 0 aromatic carbocycles. The largest absolute Gasteiger partial charge is 0.341 e. The summed E-state index contributed by atoms with van der Waals surface area (Å²) in [6.07, 6.45) is 11.7. The first-order chi connectivity index (χ1) is 12.6. The minimum Gasteiger partial charge on any atom is -0.341 e. The SMILES string of the molecule is CC(=O)N(CCN1CCCCC1)[C@H]1CCCN(C(=O)CC2CCCC2)C1. The number of likely N-dealkylation sites (tertiary alicyclic amines) is 2. The van der Waals surface area contributed by atoms with E-state index in [9.17, 15) is 9.59 Å². The standard InChI is InChI=1S/C21H37N3O2/c1-18(25)24(15-14-22-11-5-2-6-12-22)20-10-7-13-23(17-20)21(26)16-19-8-3-4-9-19/h19-20H,2-17H2,1H3/t20-/m0/s1. The van der Waals surface area contributed by atoms with Gasteiger partial charge in [-0.2, -0.15) is 0 Å². The monoisotopic (exact) mass is 363 g/mol. The normalized spacial score (nSPS) is 25.4. The van der Waals surface area contributed by atoms with Gasteiger partial charge in [0.15, 0.2) is 0 Å². The van der Waals surface area contributed by atoms with Crippen LogP contribution >= 0.6 is 0 Å². The number of piperidine rings is 2. The molecule has 5 nitrogen and oxygen atoms in total. The van der Waals surface area contributed by atoms with E-state index in [4.69, 9.17) is 0 Å². The Balaban J connectivity index is 1.50. The molecule has 26 heavy (non-hydrogen) atoms. The van der Waals surface area contributed by atoms with Crippen LogP contribution in [0.15, 0.2) is 0 Å². The van der Waals surface area contributed by atoms with E-state index in [-0.39, 0.29) is 11.9 Å². The van der Waals surface area contributed by atoms with Crippen molar-refractivity contribution in [3.05, 3.63) is 0 Å². The zero-order valence-corrected chi connectivity index (χ0v) is 16.6. The lowest BCUT2D eigenvalue weighted by Crippen LogP contribution is -2.53. The molecular weight excluding hydrogens is 326 g/mol. The Morgan fingerprint density at radius 2 is 1.65 bits per heavy atom. The lowest BCUT2D eigenvalue weighted by atomic mass is 10.00. The van der Waals surface area contributed by atoms with Crippen LogP contribution in [0.1, 0.15) is 71.1 Å². The molecule has 0 spiro atoms. The first kappa shape index (κ1) is 19.7. The maximum Gasteiger partial charge on any atom is 0.222 e. The van der Waals surface area contributed by atoms with Gasteiger partial charge in [0.05, 0.1) is 0 Å². The van der Waals surface area contributed by atoms with Crippen LogP contribution in [0.2, 0.25) is 0 Å². The van der Waals surface area contributed by atoms with Gasteiger partial charge in [-0.3, -0.25) is 9.59 Å². The first-order valence-electron chi connectivity index (χ1n) is 10.9. The third-order valence-corrected chi connectivity index (χ3v) is 6.64. The molecule has 1 saturated carbocycles. The Hall–Kier alpha value is -1.10. The van der Waals surface area contributed by atoms with Crippen molar-refractivity contribution in [1.82, 2.24) is 14.7 Å². The highest BCUT2D eigenvalue weighted by Crippen LogP contribution is 2.29. The Kier molecular flexibility index (Phi) is 7.35. The van der Waals surface area contributed by atoms with Crippen molar-refractivity contribution in [2.24, 2.45) is 5.92 Å². The number of amides is 2. The summed E-state index contributed by atoms with van der Waals surface area (Å²) in [5.74, 6) is 1.09.